The van der Waals surface area contributed by atoms with Gasteiger partial charge < -0.3 is 66.3 Å². The Morgan fingerprint density at radius 1 is 0.718 bits per heavy atom. The minimum absolute atomic E-state index is 0.00823. The lowest BCUT2D eigenvalue weighted by Gasteiger charge is -2.24. The number of amides is 6. The number of Topliss-reactive ketones (excluding diaryl/α,β-unsaturated/α-hetero) is 2. The van der Waals surface area contributed by atoms with E-state index in [0.29, 0.717) is 128 Å². The molecule has 71 heavy (non-hydrogen) atoms. The number of nitrogens with two attached hydrogens (primary N) is 1. The number of aliphatic hydroxyl groups is 1. The maximum Gasteiger partial charge on any atom is 0.356 e. The van der Waals surface area contributed by atoms with E-state index >= 15 is 0 Å². The van der Waals surface area contributed by atoms with Gasteiger partial charge in [-0.05, 0) is 90.4 Å². The van der Waals surface area contributed by atoms with Crippen LogP contribution in [-0.4, -0.2) is 181 Å². The van der Waals surface area contributed by atoms with Crippen molar-refractivity contribution in [2.45, 2.75) is 146 Å². The molecule has 0 aromatic rings. The molecule has 3 atom stereocenters. The van der Waals surface area contributed by atoms with Crippen molar-refractivity contribution >= 4 is 72.1 Å². The van der Waals surface area contributed by atoms with Gasteiger partial charge in [0, 0.05) is 96.5 Å². The van der Waals surface area contributed by atoms with Crippen LogP contribution in [0, 0.1) is 5.41 Å². The van der Waals surface area contributed by atoms with Crippen LogP contribution >= 0.6 is 19.4 Å². The number of ether oxygens (including phenoxy) is 4. The number of likely N-dealkylation sites (N-methyl/N-ethyl adjacent to an activating group) is 1. The second-order valence-electron chi connectivity index (χ2n) is 17.4. The van der Waals surface area contributed by atoms with E-state index in [0.717, 1.165) is 18.4 Å². The summed E-state index contributed by atoms with van der Waals surface area (Å²) in [6.45, 7) is 5.60. The maximum atomic E-state index is 12.9. The van der Waals surface area contributed by atoms with Crippen LogP contribution in [0.2, 0.25) is 0 Å². The number of likely N-dealkylation sites (tertiary alicyclic amines) is 1. The van der Waals surface area contributed by atoms with Crippen molar-refractivity contribution in [3.8, 4) is 0 Å². The molecule has 0 saturated carbocycles. The molecule has 10 N–H and O–H groups in total. The minimum atomic E-state index is -4.64. The number of rotatable bonds is 47. The average molecular weight is 1050 g/mol. The Kier molecular flexibility index (Phi) is 35.7. The fourth-order valence-electron chi connectivity index (χ4n) is 6.82. The number of carbonyl (C=O) groups is 8. The molecule has 0 bridgehead atoms. The molecule has 0 aromatic carbocycles. The van der Waals surface area contributed by atoms with Crippen LogP contribution in [-0.2, 0) is 61.9 Å². The molecule has 2 unspecified atom stereocenters. The lowest BCUT2D eigenvalue weighted by atomic mass is 10.1. The zero-order valence-corrected chi connectivity index (χ0v) is 43.5. The van der Waals surface area contributed by atoms with E-state index in [2.05, 4.69) is 21.3 Å². The molecule has 25 heteroatoms. The molecule has 0 radical (unpaired) electrons. The van der Waals surface area contributed by atoms with Crippen molar-refractivity contribution in [1.29, 1.82) is 5.41 Å². The first-order chi connectivity index (χ1) is 33.8. The second kappa shape index (κ2) is 38.8. The van der Waals surface area contributed by atoms with Gasteiger partial charge in [-0.1, -0.05) is 0 Å². The Bertz CT molecular complexity index is 1700. The Balaban J connectivity index is 2.08. The number of imide groups is 1. The molecule has 408 valence electrons. The van der Waals surface area contributed by atoms with Crippen LogP contribution in [0.4, 0.5) is 0 Å². The third-order valence-electron chi connectivity index (χ3n) is 11.2. The van der Waals surface area contributed by atoms with E-state index in [1.54, 1.807) is 0 Å². The number of unbranched alkanes of at least 4 members (excludes halogenated alkanes) is 2. The summed E-state index contributed by atoms with van der Waals surface area (Å²) >= 11 is 1.33. The molecule has 23 nitrogen and oxygen atoms in total. The van der Waals surface area contributed by atoms with Crippen LogP contribution in [0.15, 0.2) is 0 Å². The van der Waals surface area contributed by atoms with E-state index in [1.165, 1.54) is 11.8 Å². The molecule has 0 aliphatic carbocycles. The Labute approximate surface area is 422 Å². The van der Waals surface area contributed by atoms with E-state index in [9.17, 15) is 57.8 Å². The molecule has 1 rings (SSSR count). The second-order valence-corrected chi connectivity index (χ2v) is 20.8. The maximum absolute atomic E-state index is 12.9. The normalized spacial score (nSPS) is 15.1. The summed E-state index contributed by atoms with van der Waals surface area (Å²) < 4.78 is 33.0. The zero-order valence-electron chi connectivity index (χ0n) is 41.8. The Hall–Kier alpha value is -3.71. The molecule has 1 aliphatic rings. The molecule has 0 spiro atoms. The quantitative estimate of drug-likeness (QED) is 0.0180. The van der Waals surface area contributed by atoms with E-state index < -0.39 is 36.0 Å². The fourth-order valence-corrected chi connectivity index (χ4v) is 8.40. The predicted octanol–water partition coefficient (Wildman–Crippen LogP) is 1.40. The number of nitrogens with one attached hydrogen (secondary N) is 5. The summed E-state index contributed by atoms with van der Waals surface area (Å²) in [4.78, 5) is 118. The first-order valence-corrected chi connectivity index (χ1v) is 27.3. The number of hydrogen-bond donors (Lipinski definition) is 9. The van der Waals surface area contributed by atoms with Crippen LogP contribution in [0.25, 0.3) is 0 Å². The SMILES string of the molecule is CNCCOCCOCCCC(=O)CCC(=O)NCCOCCOCCCC(=O)CCC(=O)N[C@@H](CCCCNC(=O)CCN1C(=O)CC(SCCCC(=N)CCCCC(C)(O)P(=O)(O)O)C1=O)C(N)=O. The summed E-state index contributed by atoms with van der Waals surface area (Å²) in [6.07, 6.45) is 5.09. The van der Waals surface area contributed by atoms with Crippen molar-refractivity contribution in [3.63, 3.8) is 0 Å². The predicted molar refractivity (Wildman–Crippen MR) is 265 cm³/mol. The molecule has 0 aromatic heterocycles. The van der Waals surface area contributed by atoms with Crippen LogP contribution in [0.3, 0.4) is 0 Å². The summed E-state index contributed by atoms with van der Waals surface area (Å²) in [5.41, 5.74) is 5.94. The van der Waals surface area contributed by atoms with E-state index in [4.69, 9.17) is 30.1 Å². The van der Waals surface area contributed by atoms with Gasteiger partial charge in [0.15, 0.2) is 5.34 Å². The van der Waals surface area contributed by atoms with Gasteiger partial charge in [0.05, 0.1) is 44.9 Å². The Morgan fingerprint density at radius 2 is 1.27 bits per heavy atom. The third-order valence-corrected chi connectivity index (χ3v) is 14.0. The number of nitrogens with zero attached hydrogens (tertiary/aromatic N) is 1. The largest absolute Gasteiger partial charge is 0.379 e. The first kappa shape index (κ1) is 65.3. The number of thioether (sulfide) groups is 1. The highest BCUT2D eigenvalue weighted by Gasteiger charge is 2.40. The highest BCUT2D eigenvalue weighted by atomic mass is 32.2. The molecular weight excluding hydrogens is 970 g/mol. The molecule has 1 heterocycles. The zero-order chi connectivity index (χ0) is 52.9. The van der Waals surface area contributed by atoms with Gasteiger partial charge in [-0.25, -0.2) is 0 Å². The highest BCUT2D eigenvalue weighted by molar-refractivity contribution is 8.00. The minimum Gasteiger partial charge on any atom is -0.379 e. The third kappa shape index (κ3) is 32.9. The van der Waals surface area contributed by atoms with Gasteiger partial charge >= 0.3 is 7.60 Å². The fraction of sp³-hybridized carbons (Fsp3) is 0.804. The number of primary amides is 1. The number of hydrogen-bond acceptors (Lipinski definition) is 17. The topological polar surface area (TPSA) is 352 Å². The summed E-state index contributed by atoms with van der Waals surface area (Å²) in [5, 5.41) is 26.3. The molecule has 1 saturated heterocycles. The number of carbonyl (C=O) groups excluding carboxylic acids is 8. The Morgan fingerprint density at radius 3 is 1.86 bits per heavy atom. The van der Waals surface area contributed by atoms with Crippen LogP contribution in [0.5, 0.6) is 0 Å². The molecule has 6 amide bonds. The average Bonchev–Trinajstić information content (AvgIpc) is 3.58. The monoisotopic (exact) mass is 1050 g/mol. The van der Waals surface area contributed by atoms with E-state index in [-0.39, 0.29) is 113 Å². The lowest BCUT2D eigenvalue weighted by molar-refractivity contribution is -0.138. The van der Waals surface area contributed by atoms with Gasteiger partial charge in [0.1, 0.15) is 17.6 Å². The van der Waals surface area contributed by atoms with Crippen LogP contribution in [0.1, 0.15) is 129 Å². The summed E-state index contributed by atoms with van der Waals surface area (Å²) in [6, 6.07) is -0.952. The van der Waals surface area contributed by atoms with Crippen molar-refractivity contribution < 1.29 is 76.8 Å². The van der Waals surface area contributed by atoms with Crippen molar-refractivity contribution in [2.24, 2.45) is 5.73 Å². The van der Waals surface area contributed by atoms with Crippen molar-refractivity contribution in [2.75, 3.05) is 91.8 Å². The molecule has 1 aliphatic heterocycles. The van der Waals surface area contributed by atoms with E-state index in [1.807, 2.05) is 7.05 Å². The van der Waals surface area contributed by atoms with Crippen molar-refractivity contribution in [1.82, 2.24) is 26.2 Å². The van der Waals surface area contributed by atoms with Gasteiger partial charge in [-0.3, -0.25) is 47.8 Å². The summed E-state index contributed by atoms with van der Waals surface area (Å²) in [5.74, 6) is -2.11. The highest BCUT2D eigenvalue weighted by Crippen LogP contribution is 2.51. The lowest BCUT2D eigenvalue weighted by Crippen LogP contribution is -2.44. The van der Waals surface area contributed by atoms with Gasteiger partial charge in [0.2, 0.25) is 35.4 Å². The van der Waals surface area contributed by atoms with Gasteiger partial charge in [0.25, 0.3) is 0 Å². The van der Waals surface area contributed by atoms with Crippen LogP contribution < -0.4 is 27.0 Å². The van der Waals surface area contributed by atoms with Gasteiger partial charge in [-0.2, -0.15) is 0 Å². The first-order valence-electron chi connectivity index (χ1n) is 24.7. The molecular formula is C46H82N7O16PS. The smallest absolute Gasteiger partial charge is 0.356 e. The summed E-state index contributed by atoms with van der Waals surface area (Å²) in [7, 11) is -2.79. The standard InChI is InChI=1S/C46H82N7O16PS/c1-46(62,70(63,64)65)20-5-3-10-35(47)11-9-33-71-39-34-43(59)53(45(39)61)24-19-41(57)50-21-6-4-14-38(44(48)60)52-42(58)18-16-37(55)13-8-26-67-30-32-69-28-23-51-40(56)17-15-36(54)12-7-25-66-29-31-68-27-22-49-2/h38-39,47,49,62H,3-34H2,1-2H3,(H2,48,60)(H,50,57)(H,51,56)(H,52,58)(H2,63,64,65)/t38-,39?,46?/m0/s1. The van der Waals surface area contributed by atoms with Crippen molar-refractivity contribution in [3.05, 3.63) is 0 Å². The number of ketones is 2. The molecule has 1 fully saturated rings. The van der Waals surface area contributed by atoms with Gasteiger partial charge in [-0.15, -0.1) is 11.8 Å².